The lowest BCUT2D eigenvalue weighted by Crippen LogP contribution is -2.32. The molecule has 2 aromatic rings. The second-order valence-electron chi connectivity index (χ2n) is 5.61. The van der Waals surface area contributed by atoms with Gasteiger partial charge >= 0.3 is 7.12 Å². The molecule has 0 radical (unpaired) electrons. The molecule has 0 aliphatic heterocycles. The molecule has 130 valence electrons. The number of aromatic nitrogens is 2. The summed E-state index contributed by atoms with van der Waals surface area (Å²) in [5.41, 5.74) is 13.1. The van der Waals surface area contributed by atoms with Crippen molar-refractivity contribution < 1.29 is 14.8 Å². The van der Waals surface area contributed by atoms with Crippen molar-refractivity contribution in [1.29, 1.82) is 5.26 Å². The molecule has 2 rings (SSSR count). The predicted molar refractivity (Wildman–Crippen MR) is 96.0 cm³/mol. The van der Waals surface area contributed by atoms with E-state index in [-0.39, 0.29) is 34.2 Å². The molecule has 6 N–H and O–H groups in total. The van der Waals surface area contributed by atoms with Gasteiger partial charge in [0.2, 0.25) is 5.95 Å². The summed E-state index contributed by atoms with van der Waals surface area (Å²) >= 11 is 0. The first-order chi connectivity index (χ1) is 11.9. The number of nitriles is 1. The average molecular weight is 341 g/mol. The molecule has 0 atom stereocenters. The number of rotatable bonds is 6. The number of hydrogen-bond acceptors (Lipinski definition) is 8. The molecule has 9 heteroatoms. The molecule has 25 heavy (non-hydrogen) atoms. The molecule has 0 bridgehead atoms. The topological polar surface area (TPSA) is 151 Å². The molecule has 1 heterocycles. The summed E-state index contributed by atoms with van der Waals surface area (Å²) in [4.78, 5) is 7.92. The molecule has 0 saturated heterocycles. The second-order valence-corrected chi connectivity index (χ2v) is 5.61. The maximum Gasteiger partial charge on any atom is 0.492 e. The zero-order valence-corrected chi connectivity index (χ0v) is 14.2. The van der Waals surface area contributed by atoms with Gasteiger partial charge in [0.15, 0.2) is 0 Å². The van der Waals surface area contributed by atoms with E-state index in [1.807, 2.05) is 13.0 Å². The van der Waals surface area contributed by atoms with Crippen LogP contribution in [0.3, 0.4) is 0 Å². The van der Waals surface area contributed by atoms with E-state index in [4.69, 9.17) is 16.2 Å². The van der Waals surface area contributed by atoms with E-state index in [0.29, 0.717) is 12.2 Å². The molecule has 1 aromatic carbocycles. The van der Waals surface area contributed by atoms with E-state index in [1.165, 1.54) is 0 Å². The number of unbranched alkanes of at least 4 members (excludes halogenated alkanes) is 1. The molecule has 0 saturated carbocycles. The number of ether oxygens (including phenoxy) is 1. The van der Waals surface area contributed by atoms with Crippen molar-refractivity contribution in [2.24, 2.45) is 0 Å². The van der Waals surface area contributed by atoms with Crippen LogP contribution in [0.15, 0.2) is 12.1 Å². The van der Waals surface area contributed by atoms with Crippen LogP contribution in [-0.4, -0.2) is 33.7 Å². The lowest BCUT2D eigenvalue weighted by molar-refractivity contribution is 0.311. The monoisotopic (exact) mass is 341 g/mol. The van der Waals surface area contributed by atoms with Crippen molar-refractivity contribution in [2.75, 3.05) is 18.1 Å². The van der Waals surface area contributed by atoms with Crippen LogP contribution in [0, 0.1) is 18.3 Å². The third-order valence-electron chi connectivity index (χ3n) is 3.61. The minimum atomic E-state index is -1.74. The first kappa shape index (κ1) is 18.5. The summed E-state index contributed by atoms with van der Waals surface area (Å²) in [5, 5.41) is 28.9. The normalized spacial score (nSPS) is 10.4. The minimum Gasteiger partial charge on any atom is -0.493 e. The number of anilines is 2. The Kier molecular flexibility index (Phi) is 5.80. The van der Waals surface area contributed by atoms with Crippen LogP contribution in [-0.2, 0) is 0 Å². The smallest absolute Gasteiger partial charge is 0.492 e. The van der Waals surface area contributed by atoms with E-state index >= 15 is 0 Å². The zero-order chi connectivity index (χ0) is 18.6. The number of nitrogens with two attached hydrogens (primary N) is 2. The molecular weight excluding hydrogens is 321 g/mol. The molecule has 1 aromatic heterocycles. The SMILES string of the molecule is CCCCOc1c(B(O)O)cc(C)cc1-c1nc(N)nc(N)c1C#N. The number of nitrogen functional groups attached to an aromatic ring is 2. The fraction of sp³-hybridized carbons (Fsp3) is 0.312. The van der Waals surface area contributed by atoms with Crippen LogP contribution >= 0.6 is 0 Å². The highest BCUT2D eigenvalue weighted by atomic mass is 16.5. The van der Waals surface area contributed by atoms with E-state index in [0.717, 1.165) is 18.4 Å². The van der Waals surface area contributed by atoms with Gasteiger partial charge in [-0.15, -0.1) is 0 Å². The second kappa shape index (κ2) is 7.83. The molecule has 0 amide bonds. The Labute approximate surface area is 146 Å². The molecule has 0 spiro atoms. The zero-order valence-electron chi connectivity index (χ0n) is 14.2. The summed E-state index contributed by atoms with van der Waals surface area (Å²) in [6.07, 6.45) is 1.70. The third-order valence-corrected chi connectivity index (χ3v) is 3.61. The summed E-state index contributed by atoms with van der Waals surface area (Å²) in [5.74, 6) is 0.110. The molecule has 0 unspecified atom stereocenters. The predicted octanol–water partition coefficient (Wildman–Crippen LogP) is 0.347. The van der Waals surface area contributed by atoms with Gasteiger partial charge in [-0.3, -0.25) is 0 Å². The quantitative estimate of drug-likeness (QED) is 0.434. The van der Waals surface area contributed by atoms with Crippen molar-refractivity contribution >= 4 is 24.3 Å². The van der Waals surface area contributed by atoms with Crippen LogP contribution in [0.1, 0.15) is 30.9 Å². The Morgan fingerprint density at radius 2 is 2.00 bits per heavy atom. The van der Waals surface area contributed by atoms with Gasteiger partial charge in [0.05, 0.1) is 12.3 Å². The summed E-state index contributed by atoms with van der Waals surface area (Å²) in [6, 6.07) is 5.30. The van der Waals surface area contributed by atoms with Gasteiger partial charge in [-0.1, -0.05) is 25.0 Å². The molecule has 0 aliphatic carbocycles. The molecule has 0 fully saturated rings. The first-order valence-electron chi connectivity index (χ1n) is 7.86. The number of benzene rings is 1. The highest BCUT2D eigenvalue weighted by Crippen LogP contribution is 2.33. The average Bonchev–Trinajstić information content (AvgIpc) is 2.55. The maximum atomic E-state index is 9.72. The largest absolute Gasteiger partial charge is 0.493 e. The lowest BCUT2D eigenvalue weighted by Gasteiger charge is -2.17. The Balaban J connectivity index is 2.74. The highest BCUT2D eigenvalue weighted by molar-refractivity contribution is 6.60. The van der Waals surface area contributed by atoms with Gasteiger partial charge in [0.1, 0.15) is 23.2 Å². The van der Waals surface area contributed by atoms with Crippen molar-refractivity contribution in [2.45, 2.75) is 26.7 Å². The maximum absolute atomic E-state index is 9.72. The van der Waals surface area contributed by atoms with E-state index in [1.54, 1.807) is 19.1 Å². The van der Waals surface area contributed by atoms with Gasteiger partial charge in [0.25, 0.3) is 0 Å². The van der Waals surface area contributed by atoms with Crippen molar-refractivity contribution in [1.82, 2.24) is 9.97 Å². The molecule has 8 nitrogen and oxygen atoms in total. The standard InChI is InChI=1S/C16H20BN5O3/c1-3-4-5-25-14-10(6-9(2)7-12(14)17(23)24)13-11(8-18)15(19)22-16(20)21-13/h6-7,23-24H,3-5H2,1-2H3,(H4,19,20,21,22). The number of hydrogen-bond donors (Lipinski definition) is 4. The minimum absolute atomic E-state index is 0.0443. The highest BCUT2D eigenvalue weighted by Gasteiger charge is 2.25. The van der Waals surface area contributed by atoms with Gasteiger partial charge in [0, 0.05) is 11.0 Å². The summed E-state index contributed by atoms with van der Waals surface area (Å²) in [6.45, 7) is 4.18. The third kappa shape index (κ3) is 3.99. The fourth-order valence-corrected chi connectivity index (χ4v) is 2.45. The van der Waals surface area contributed by atoms with Gasteiger partial charge in [-0.25, -0.2) is 4.98 Å². The Bertz CT molecular complexity index is 820. The van der Waals surface area contributed by atoms with Crippen LogP contribution < -0.4 is 21.7 Å². The van der Waals surface area contributed by atoms with E-state index < -0.39 is 7.12 Å². The van der Waals surface area contributed by atoms with Gasteiger partial charge in [-0.05, 0) is 19.4 Å². The number of nitrogens with zero attached hydrogens (tertiary/aromatic N) is 3. The van der Waals surface area contributed by atoms with Crippen LogP contribution in [0.4, 0.5) is 11.8 Å². The first-order valence-corrected chi connectivity index (χ1v) is 7.86. The van der Waals surface area contributed by atoms with Crippen molar-refractivity contribution in [3.8, 4) is 23.1 Å². The van der Waals surface area contributed by atoms with Crippen molar-refractivity contribution in [3.63, 3.8) is 0 Å². The van der Waals surface area contributed by atoms with Crippen LogP contribution in [0.2, 0.25) is 0 Å². The number of aryl methyl sites for hydroxylation is 1. The Morgan fingerprint density at radius 1 is 1.28 bits per heavy atom. The van der Waals surface area contributed by atoms with Crippen molar-refractivity contribution in [3.05, 3.63) is 23.3 Å². The van der Waals surface area contributed by atoms with E-state index in [2.05, 4.69) is 9.97 Å². The Morgan fingerprint density at radius 3 is 2.60 bits per heavy atom. The Hall–Kier alpha value is -2.83. The summed E-state index contributed by atoms with van der Waals surface area (Å²) in [7, 11) is -1.74. The van der Waals surface area contributed by atoms with Crippen LogP contribution in [0.5, 0.6) is 5.75 Å². The van der Waals surface area contributed by atoms with Gasteiger partial charge in [-0.2, -0.15) is 10.2 Å². The molecule has 0 aliphatic rings. The fourth-order valence-electron chi connectivity index (χ4n) is 2.45. The van der Waals surface area contributed by atoms with E-state index in [9.17, 15) is 15.3 Å². The molecular formula is C16H20BN5O3. The van der Waals surface area contributed by atoms with Crippen LogP contribution in [0.25, 0.3) is 11.3 Å². The summed E-state index contributed by atoms with van der Waals surface area (Å²) < 4.78 is 5.79. The lowest BCUT2D eigenvalue weighted by atomic mass is 9.77. The van der Waals surface area contributed by atoms with Gasteiger partial charge < -0.3 is 26.3 Å².